The lowest BCUT2D eigenvalue weighted by molar-refractivity contribution is -0.149. The van der Waals surface area contributed by atoms with Crippen LogP contribution >= 0.6 is 31.9 Å². The molecule has 1 aromatic rings. The van der Waals surface area contributed by atoms with Gasteiger partial charge in [0.1, 0.15) is 5.75 Å². The minimum Gasteiger partial charge on any atom is -0.495 e. The van der Waals surface area contributed by atoms with Crippen LogP contribution in [0.2, 0.25) is 0 Å². The minimum atomic E-state index is -0.646. The summed E-state index contributed by atoms with van der Waals surface area (Å²) in [6.07, 6.45) is 0.708. The number of amides is 3. The number of carbonyl (C=O) groups excluding carboxylic acids is 4. The van der Waals surface area contributed by atoms with Gasteiger partial charge in [-0.05, 0) is 30.4 Å². The number of hydrogen-bond donors (Lipinski definition) is 1. The molecule has 1 N–H and O–H groups in total. The van der Waals surface area contributed by atoms with Gasteiger partial charge in [-0.15, -0.1) is 0 Å². The molecule has 0 unspecified atom stereocenters. The van der Waals surface area contributed by atoms with Crippen molar-refractivity contribution in [2.75, 3.05) is 25.6 Å². The molecular weight excluding hydrogens is 536 g/mol. The Balaban J connectivity index is 1.26. The molecule has 0 spiro atoms. The average Bonchev–Trinajstić information content (AvgIpc) is 3.36. The summed E-state index contributed by atoms with van der Waals surface area (Å²) >= 11 is 7.29. The molecule has 2 bridgehead atoms. The van der Waals surface area contributed by atoms with Crippen molar-refractivity contribution < 1.29 is 28.7 Å². The van der Waals surface area contributed by atoms with E-state index in [1.807, 2.05) is 0 Å². The number of halogens is 2. The molecule has 0 aromatic heterocycles. The Kier molecular flexibility index (Phi) is 6.39. The Morgan fingerprint density at radius 3 is 2.32 bits per heavy atom. The van der Waals surface area contributed by atoms with E-state index in [2.05, 4.69) is 37.2 Å². The number of para-hydroxylation sites is 2. The summed E-state index contributed by atoms with van der Waals surface area (Å²) in [5.74, 6) is -1.42. The van der Waals surface area contributed by atoms with E-state index in [0.29, 0.717) is 11.4 Å². The number of nitrogens with one attached hydrogen (secondary N) is 1. The Hall–Kier alpha value is -1.94. The highest BCUT2D eigenvalue weighted by atomic mass is 79.9. The molecule has 3 aliphatic rings. The maximum absolute atomic E-state index is 12.8. The smallest absolute Gasteiger partial charge is 0.308 e. The third kappa shape index (κ3) is 4.00. The van der Waals surface area contributed by atoms with E-state index in [9.17, 15) is 19.2 Å². The predicted octanol–water partition coefficient (Wildman–Crippen LogP) is 2.34. The number of ether oxygens (including phenoxy) is 2. The van der Waals surface area contributed by atoms with Gasteiger partial charge in [0.05, 0.1) is 31.1 Å². The first-order valence-electron chi connectivity index (χ1n) is 10.0. The second-order valence-corrected chi connectivity index (χ2v) is 10.1. The van der Waals surface area contributed by atoms with Gasteiger partial charge in [-0.2, -0.15) is 0 Å². The lowest BCUT2D eigenvalue weighted by atomic mass is 9.81. The molecule has 3 amide bonds. The zero-order chi connectivity index (χ0) is 22.3. The summed E-state index contributed by atoms with van der Waals surface area (Å²) in [5.41, 5.74) is 0.468. The highest BCUT2D eigenvalue weighted by Gasteiger charge is 2.66. The molecule has 3 fully saturated rings. The number of rotatable bonds is 7. The van der Waals surface area contributed by atoms with Crippen LogP contribution in [0.3, 0.4) is 0 Å². The number of imide groups is 1. The molecule has 0 radical (unpaired) electrons. The van der Waals surface area contributed by atoms with E-state index in [0.717, 1.165) is 6.42 Å². The van der Waals surface area contributed by atoms with Crippen molar-refractivity contribution in [3.05, 3.63) is 24.3 Å². The summed E-state index contributed by atoms with van der Waals surface area (Å²) in [6.45, 7) is -0.498. The van der Waals surface area contributed by atoms with Crippen molar-refractivity contribution >= 4 is 61.2 Å². The number of likely N-dealkylation sites (tertiary alicyclic amines) is 1. The van der Waals surface area contributed by atoms with Gasteiger partial charge in [-0.1, -0.05) is 44.0 Å². The highest BCUT2D eigenvalue weighted by Crippen LogP contribution is 2.60. The SMILES string of the molecule is COc1ccccc1NC(=O)COC(=O)CCN1C(=O)[C@@H]2[C@H]3C[C@@H]([C@H](Br)[C@H]3Br)[C@@H]2C1=O. The van der Waals surface area contributed by atoms with Crippen LogP contribution in [0.5, 0.6) is 5.75 Å². The fraction of sp³-hybridized carbons (Fsp3) is 0.524. The number of hydrogen-bond acceptors (Lipinski definition) is 6. The monoisotopic (exact) mass is 556 g/mol. The highest BCUT2D eigenvalue weighted by molar-refractivity contribution is 9.12. The van der Waals surface area contributed by atoms with Gasteiger partial charge < -0.3 is 14.8 Å². The van der Waals surface area contributed by atoms with Gasteiger partial charge in [-0.3, -0.25) is 24.1 Å². The molecule has 6 atom stereocenters. The van der Waals surface area contributed by atoms with Crippen molar-refractivity contribution in [2.24, 2.45) is 23.7 Å². The first-order valence-corrected chi connectivity index (χ1v) is 11.9. The molecule has 1 heterocycles. The standard InChI is InChI=1S/C21H22Br2N2O6/c1-30-13-5-3-2-4-12(13)24-14(26)9-31-15(27)6-7-25-20(28)16-10-8-11(17(16)21(25)29)19(23)18(10)22/h2-5,10-11,16-19H,6-9H2,1H3,(H,24,26)/t10-,11-,16-,17+,18+,19+/m1/s1. The molecule has 1 aromatic carbocycles. The quantitative estimate of drug-likeness (QED) is 0.314. The number of carbonyl (C=O) groups is 4. The van der Waals surface area contributed by atoms with Crippen LogP contribution in [-0.2, 0) is 23.9 Å². The maximum Gasteiger partial charge on any atom is 0.308 e. The van der Waals surface area contributed by atoms with E-state index < -0.39 is 18.5 Å². The van der Waals surface area contributed by atoms with Crippen LogP contribution in [0, 0.1) is 23.7 Å². The van der Waals surface area contributed by atoms with Crippen LogP contribution in [0.1, 0.15) is 12.8 Å². The van der Waals surface area contributed by atoms with Gasteiger partial charge in [0.25, 0.3) is 5.91 Å². The van der Waals surface area contributed by atoms with Gasteiger partial charge in [0, 0.05) is 16.2 Å². The number of benzene rings is 1. The minimum absolute atomic E-state index is 0.0308. The van der Waals surface area contributed by atoms with E-state index in [1.165, 1.54) is 12.0 Å². The number of anilines is 1. The Morgan fingerprint density at radius 1 is 1.10 bits per heavy atom. The van der Waals surface area contributed by atoms with E-state index in [-0.39, 0.29) is 58.1 Å². The van der Waals surface area contributed by atoms with Crippen LogP contribution in [-0.4, -0.2) is 58.5 Å². The van der Waals surface area contributed by atoms with Crippen LogP contribution < -0.4 is 10.1 Å². The van der Waals surface area contributed by atoms with Crippen molar-refractivity contribution in [2.45, 2.75) is 22.5 Å². The molecule has 8 nitrogen and oxygen atoms in total. The largest absolute Gasteiger partial charge is 0.495 e. The number of fused-ring (bicyclic) bond motifs is 5. The predicted molar refractivity (Wildman–Crippen MR) is 118 cm³/mol. The van der Waals surface area contributed by atoms with Gasteiger partial charge >= 0.3 is 5.97 Å². The average molecular weight is 558 g/mol. The topological polar surface area (TPSA) is 102 Å². The first kappa shape index (κ1) is 22.3. The molecule has 31 heavy (non-hydrogen) atoms. The summed E-state index contributed by atoms with van der Waals surface area (Å²) in [6, 6.07) is 6.88. The molecule has 1 aliphatic heterocycles. The molecule has 1 saturated heterocycles. The zero-order valence-corrected chi connectivity index (χ0v) is 19.9. The molecule has 166 valence electrons. The number of alkyl halides is 2. The third-order valence-electron chi connectivity index (χ3n) is 6.36. The number of esters is 1. The molecule has 2 saturated carbocycles. The molecular formula is C21H22Br2N2O6. The maximum atomic E-state index is 12.8. The summed E-state index contributed by atoms with van der Waals surface area (Å²) in [7, 11) is 1.49. The fourth-order valence-electron chi connectivity index (χ4n) is 4.99. The van der Waals surface area contributed by atoms with Crippen LogP contribution in [0.15, 0.2) is 24.3 Å². The van der Waals surface area contributed by atoms with Gasteiger partial charge in [0.2, 0.25) is 11.8 Å². The molecule has 4 rings (SSSR count). The van der Waals surface area contributed by atoms with E-state index in [1.54, 1.807) is 24.3 Å². The van der Waals surface area contributed by atoms with Gasteiger partial charge in [0.15, 0.2) is 6.61 Å². The molecule has 10 heteroatoms. The Morgan fingerprint density at radius 2 is 1.71 bits per heavy atom. The second kappa shape index (κ2) is 8.90. The summed E-state index contributed by atoms with van der Waals surface area (Å²) < 4.78 is 10.2. The number of methoxy groups -OCH3 is 1. The normalized spacial score (nSPS) is 31.0. The zero-order valence-electron chi connectivity index (χ0n) is 16.8. The van der Waals surface area contributed by atoms with Crippen molar-refractivity contribution in [3.8, 4) is 5.75 Å². The number of nitrogens with zero attached hydrogens (tertiary/aromatic N) is 1. The van der Waals surface area contributed by atoms with Crippen LogP contribution in [0.4, 0.5) is 5.69 Å². The summed E-state index contributed by atoms with van der Waals surface area (Å²) in [4.78, 5) is 51.3. The summed E-state index contributed by atoms with van der Waals surface area (Å²) in [5, 5.41) is 2.61. The van der Waals surface area contributed by atoms with Crippen LogP contribution in [0.25, 0.3) is 0 Å². The Bertz CT molecular complexity index is 893. The second-order valence-electron chi connectivity index (χ2n) is 7.99. The van der Waals surface area contributed by atoms with Crippen molar-refractivity contribution in [1.29, 1.82) is 0 Å². The lowest BCUT2D eigenvalue weighted by Crippen LogP contribution is -2.37. The fourth-order valence-corrected chi connectivity index (χ4v) is 6.86. The van der Waals surface area contributed by atoms with Crippen molar-refractivity contribution in [1.82, 2.24) is 4.90 Å². The lowest BCUT2D eigenvalue weighted by Gasteiger charge is -2.28. The van der Waals surface area contributed by atoms with Crippen molar-refractivity contribution in [3.63, 3.8) is 0 Å². The Labute approximate surface area is 196 Å². The van der Waals surface area contributed by atoms with Gasteiger partial charge in [-0.25, -0.2) is 0 Å². The van der Waals surface area contributed by atoms with E-state index >= 15 is 0 Å². The first-order chi connectivity index (χ1) is 14.8. The van der Waals surface area contributed by atoms with E-state index in [4.69, 9.17) is 9.47 Å². The third-order valence-corrected chi connectivity index (χ3v) is 9.57. The molecule has 2 aliphatic carbocycles.